The predicted octanol–water partition coefficient (Wildman–Crippen LogP) is 3.38. The molecule has 0 unspecified atom stereocenters. The van der Waals surface area contributed by atoms with Gasteiger partial charge in [0, 0.05) is 25.6 Å². The smallest absolute Gasteiger partial charge is 0.337 e. The summed E-state index contributed by atoms with van der Waals surface area (Å²) in [5.74, 6) is -1.15. The monoisotopic (exact) mass is 399 g/mol. The number of ether oxygens (including phenoxy) is 1. The molecule has 0 atom stereocenters. The highest BCUT2D eigenvalue weighted by molar-refractivity contribution is 6.33. The summed E-state index contributed by atoms with van der Waals surface area (Å²) in [6.45, 7) is 1.54. The van der Waals surface area contributed by atoms with Crippen molar-refractivity contribution in [3.05, 3.63) is 58.6 Å². The third kappa shape index (κ3) is 5.32. The molecule has 2 aromatic rings. The van der Waals surface area contributed by atoms with E-state index in [0.717, 1.165) is 0 Å². The van der Waals surface area contributed by atoms with Crippen molar-refractivity contribution in [3.8, 4) is 6.07 Å². The molecule has 0 heterocycles. The zero-order valence-corrected chi connectivity index (χ0v) is 16.1. The molecule has 7 nitrogen and oxygen atoms in total. The maximum absolute atomic E-state index is 12.3. The lowest BCUT2D eigenvalue weighted by Crippen LogP contribution is -2.32. The van der Waals surface area contributed by atoms with E-state index < -0.39 is 5.97 Å². The summed E-state index contributed by atoms with van der Waals surface area (Å²) in [6, 6.07) is 12.9. The predicted molar refractivity (Wildman–Crippen MR) is 105 cm³/mol. The molecule has 0 aliphatic heterocycles. The minimum Gasteiger partial charge on any atom is -0.465 e. The van der Waals surface area contributed by atoms with Gasteiger partial charge < -0.3 is 15.0 Å². The van der Waals surface area contributed by atoms with E-state index in [0.29, 0.717) is 11.3 Å². The van der Waals surface area contributed by atoms with Crippen LogP contribution in [0, 0.1) is 11.3 Å². The number of nitriles is 1. The summed E-state index contributed by atoms with van der Waals surface area (Å²) in [5, 5.41) is 11.8. The summed E-state index contributed by atoms with van der Waals surface area (Å²) in [5.41, 5.74) is 1.60. The summed E-state index contributed by atoms with van der Waals surface area (Å²) in [7, 11) is 1.26. The molecule has 0 aliphatic carbocycles. The fourth-order valence-corrected chi connectivity index (χ4v) is 2.64. The molecule has 0 saturated carbocycles. The molecule has 0 radical (unpaired) electrons. The van der Waals surface area contributed by atoms with Crippen molar-refractivity contribution < 1.29 is 19.1 Å². The Morgan fingerprint density at radius 1 is 1.18 bits per heavy atom. The molecule has 2 amide bonds. The van der Waals surface area contributed by atoms with Crippen LogP contribution in [0.15, 0.2) is 42.5 Å². The van der Waals surface area contributed by atoms with Crippen molar-refractivity contribution in [1.29, 1.82) is 5.26 Å². The van der Waals surface area contributed by atoms with Gasteiger partial charge in [0.25, 0.3) is 0 Å². The zero-order valence-electron chi connectivity index (χ0n) is 15.4. The van der Waals surface area contributed by atoms with Crippen LogP contribution in [0.4, 0.5) is 11.4 Å². The van der Waals surface area contributed by atoms with Gasteiger partial charge in [0.15, 0.2) is 0 Å². The van der Waals surface area contributed by atoms with E-state index in [4.69, 9.17) is 16.9 Å². The van der Waals surface area contributed by atoms with E-state index in [2.05, 4.69) is 10.1 Å². The summed E-state index contributed by atoms with van der Waals surface area (Å²) in [6.07, 6.45) is 0.0123. The van der Waals surface area contributed by atoms with Gasteiger partial charge in [-0.15, -0.1) is 0 Å². The molecule has 1 N–H and O–H groups in total. The molecule has 0 saturated heterocycles. The Morgan fingerprint density at radius 3 is 2.43 bits per heavy atom. The third-order valence-electron chi connectivity index (χ3n) is 3.91. The molecule has 0 spiro atoms. The first-order valence-electron chi connectivity index (χ1n) is 8.31. The third-order valence-corrected chi connectivity index (χ3v) is 4.24. The molecule has 2 rings (SSSR count). The average molecular weight is 400 g/mol. The quantitative estimate of drug-likeness (QED) is 0.750. The number of hydrogen-bond acceptors (Lipinski definition) is 5. The van der Waals surface area contributed by atoms with Crippen molar-refractivity contribution in [3.63, 3.8) is 0 Å². The second-order valence-corrected chi connectivity index (χ2v) is 6.22. The molecule has 0 bridgehead atoms. The summed E-state index contributed by atoms with van der Waals surface area (Å²) >= 11 is 6.07. The molecule has 144 valence electrons. The van der Waals surface area contributed by atoms with Crippen LogP contribution >= 0.6 is 11.6 Å². The van der Waals surface area contributed by atoms with Crippen LogP contribution in [0.5, 0.6) is 0 Å². The van der Waals surface area contributed by atoms with Crippen LogP contribution in [-0.2, 0) is 14.3 Å². The molecular weight excluding hydrogens is 382 g/mol. The van der Waals surface area contributed by atoms with E-state index in [1.807, 2.05) is 6.07 Å². The first-order valence-corrected chi connectivity index (χ1v) is 8.69. The van der Waals surface area contributed by atoms with Crippen LogP contribution in [0.1, 0.15) is 29.3 Å². The lowest BCUT2D eigenvalue weighted by molar-refractivity contribution is -0.117. The van der Waals surface area contributed by atoms with Gasteiger partial charge in [-0.2, -0.15) is 5.26 Å². The number of anilines is 2. The SMILES string of the molecule is COC(=O)c1ccc(Cl)c(NC(=O)CCN(C(C)=O)c2ccc(C#N)cc2)c1. The second kappa shape index (κ2) is 9.53. The normalized spacial score (nSPS) is 9.93. The largest absolute Gasteiger partial charge is 0.465 e. The van der Waals surface area contributed by atoms with E-state index >= 15 is 0 Å². The fraction of sp³-hybridized carbons (Fsp3) is 0.200. The molecule has 28 heavy (non-hydrogen) atoms. The Hall–Kier alpha value is -3.37. The number of nitrogens with one attached hydrogen (secondary N) is 1. The second-order valence-electron chi connectivity index (χ2n) is 5.81. The maximum atomic E-state index is 12.3. The van der Waals surface area contributed by atoms with E-state index in [1.165, 1.54) is 37.1 Å². The molecule has 0 aromatic heterocycles. The van der Waals surface area contributed by atoms with Crippen molar-refractivity contribution >= 4 is 40.8 Å². The van der Waals surface area contributed by atoms with Gasteiger partial charge in [-0.25, -0.2) is 4.79 Å². The van der Waals surface area contributed by atoms with Gasteiger partial charge >= 0.3 is 5.97 Å². The average Bonchev–Trinajstić information content (AvgIpc) is 2.69. The Kier molecular flexibility index (Phi) is 7.13. The topological polar surface area (TPSA) is 99.5 Å². The Bertz CT molecular complexity index is 935. The highest BCUT2D eigenvalue weighted by Crippen LogP contribution is 2.24. The highest BCUT2D eigenvalue weighted by Gasteiger charge is 2.15. The summed E-state index contributed by atoms with van der Waals surface area (Å²) < 4.78 is 4.65. The number of rotatable bonds is 6. The molecular formula is C20H18ClN3O4. The van der Waals surface area contributed by atoms with Gasteiger partial charge in [-0.1, -0.05) is 11.6 Å². The van der Waals surface area contributed by atoms with Gasteiger partial charge in [-0.05, 0) is 42.5 Å². The molecule has 0 fully saturated rings. The van der Waals surface area contributed by atoms with E-state index in [9.17, 15) is 14.4 Å². The van der Waals surface area contributed by atoms with E-state index in [1.54, 1.807) is 24.3 Å². The number of halogens is 1. The van der Waals surface area contributed by atoms with Crippen LogP contribution in [0.25, 0.3) is 0 Å². The molecule has 0 aliphatic rings. The minimum absolute atomic E-state index is 0.0123. The Morgan fingerprint density at radius 2 is 1.86 bits per heavy atom. The standard InChI is InChI=1S/C20H18ClN3O4/c1-13(25)24(16-6-3-14(12-22)4-7-16)10-9-19(26)23-18-11-15(20(27)28-2)5-8-17(18)21/h3-8,11H,9-10H2,1-2H3,(H,23,26). The van der Waals surface area contributed by atoms with Crippen LogP contribution in [-0.4, -0.2) is 31.4 Å². The Balaban J connectivity index is 2.06. The minimum atomic E-state index is -0.546. The van der Waals surface area contributed by atoms with Crippen molar-refractivity contribution in [2.45, 2.75) is 13.3 Å². The number of benzene rings is 2. The fourth-order valence-electron chi connectivity index (χ4n) is 2.48. The van der Waals surface area contributed by atoms with Gasteiger partial charge in [0.05, 0.1) is 35.0 Å². The first-order chi connectivity index (χ1) is 13.3. The van der Waals surface area contributed by atoms with Crippen molar-refractivity contribution in [1.82, 2.24) is 0 Å². The van der Waals surface area contributed by atoms with Gasteiger partial charge in [0.1, 0.15) is 0 Å². The Labute approximate surface area is 167 Å². The number of carbonyl (C=O) groups excluding carboxylic acids is 3. The summed E-state index contributed by atoms with van der Waals surface area (Å²) in [4.78, 5) is 37.3. The maximum Gasteiger partial charge on any atom is 0.337 e. The first kappa shape index (κ1) is 20.9. The molecule has 8 heteroatoms. The number of amides is 2. The van der Waals surface area contributed by atoms with Crippen LogP contribution in [0.2, 0.25) is 5.02 Å². The number of methoxy groups -OCH3 is 1. The number of carbonyl (C=O) groups is 3. The van der Waals surface area contributed by atoms with Crippen LogP contribution < -0.4 is 10.2 Å². The van der Waals surface area contributed by atoms with Crippen LogP contribution in [0.3, 0.4) is 0 Å². The lowest BCUT2D eigenvalue weighted by Gasteiger charge is -2.21. The number of esters is 1. The van der Waals surface area contributed by atoms with Gasteiger partial charge in [-0.3, -0.25) is 9.59 Å². The van der Waals surface area contributed by atoms with Crippen molar-refractivity contribution in [2.75, 3.05) is 23.9 Å². The number of nitrogens with zero attached hydrogens (tertiary/aromatic N) is 2. The lowest BCUT2D eigenvalue weighted by atomic mass is 10.2. The van der Waals surface area contributed by atoms with E-state index in [-0.39, 0.29) is 41.1 Å². The highest BCUT2D eigenvalue weighted by atomic mass is 35.5. The van der Waals surface area contributed by atoms with Crippen molar-refractivity contribution in [2.24, 2.45) is 0 Å². The van der Waals surface area contributed by atoms with Gasteiger partial charge in [0.2, 0.25) is 11.8 Å². The molecule has 2 aromatic carbocycles. The number of hydrogen-bond donors (Lipinski definition) is 1. The zero-order chi connectivity index (χ0) is 20.7.